The lowest BCUT2D eigenvalue weighted by molar-refractivity contribution is 1.52. The van der Waals surface area contributed by atoms with Crippen LogP contribution in [0, 0.1) is 6.58 Å². The lowest BCUT2D eigenvalue weighted by Gasteiger charge is -1.81. The fraction of sp³-hybridized carbons (Fsp3) is 0.250. The van der Waals surface area contributed by atoms with Crippen LogP contribution in [0.3, 0.4) is 0 Å². The van der Waals surface area contributed by atoms with E-state index >= 15 is 0 Å². The van der Waals surface area contributed by atoms with Crippen molar-refractivity contribution in [2.45, 2.75) is 13.8 Å². The van der Waals surface area contributed by atoms with E-state index in [2.05, 4.69) is 0 Å². The molecule has 0 fully saturated rings. The third-order valence-electron chi connectivity index (χ3n) is 0.814. The van der Waals surface area contributed by atoms with Crippen LogP contribution in [-0.4, -0.2) is 0 Å². The van der Waals surface area contributed by atoms with Crippen molar-refractivity contribution >= 4 is 0 Å². The van der Waals surface area contributed by atoms with Gasteiger partial charge >= 0.3 is 0 Å². The van der Waals surface area contributed by atoms with E-state index in [1.807, 2.05) is 32.1 Å². The number of hydrogen-bond acceptors (Lipinski definition) is 0. The van der Waals surface area contributed by atoms with Crippen LogP contribution in [0.5, 0.6) is 0 Å². The molecule has 0 bridgehead atoms. The Bertz CT molecular complexity index is 116. The van der Waals surface area contributed by atoms with Crippen molar-refractivity contribution in [2.24, 2.45) is 0 Å². The van der Waals surface area contributed by atoms with Gasteiger partial charge in [-0.05, 0) is 13.8 Å². The molecule has 0 aliphatic heterocycles. The molecule has 8 heavy (non-hydrogen) atoms. The second-order valence-corrected chi connectivity index (χ2v) is 1.60. The van der Waals surface area contributed by atoms with E-state index in [1.54, 1.807) is 6.08 Å². The van der Waals surface area contributed by atoms with Crippen molar-refractivity contribution in [3.63, 3.8) is 0 Å². The highest BCUT2D eigenvalue weighted by Gasteiger charge is 1.70. The summed E-state index contributed by atoms with van der Waals surface area (Å²) in [6.45, 7) is 9.12. The van der Waals surface area contributed by atoms with Crippen LogP contribution in [-0.2, 0) is 0 Å². The molecule has 0 saturated carbocycles. The molecule has 0 spiro atoms. The normalized spacial score (nSPS) is 12.5. The second-order valence-electron chi connectivity index (χ2n) is 1.60. The SMILES string of the molecule is [CH]=CC(C)=CC=CC. The van der Waals surface area contributed by atoms with Gasteiger partial charge in [0.1, 0.15) is 0 Å². The summed E-state index contributed by atoms with van der Waals surface area (Å²) < 4.78 is 0. The Morgan fingerprint density at radius 1 is 1.50 bits per heavy atom. The lowest BCUT2D eigenvalue weighted by atomic mass is 10.3. The molecule has 0 aliphatic carbocycles. The van der Waals surface area contributed by atoms with Crippen LogP contribution in [0.1, 0.15) is 13.8 Å². The van der Waals surface area contributed by atoms with Crippen molar-refractivity contribution in [1.29, 1.82) is 0 Å². The Morgan fingerprint density at radius 2 is 2.12 bits per heavy atom. The number of hydrogen-bond donors (Lipinski definition) is 0. The van der Waals surface area contributed by atoms with Gasteiger partial charge in [-0.1, -0.05) is 36.5 Å². The predicted molar refractivity (Wildman–Crippen MR) is 37.4 cm³/mol. The first-order valence-corrected chi connectivity index (χ1v) is 2.65. The average molecular weight is 107 g/mol. The molecule has 0 N–H and O–H groups in total. The van der Waals surface area contributed by atoms with Crippen LogP contribution < -0.4 is 0 Å². The predicted octanol–water partition coefficient (Wildman–Crippen LogP) is 2.50. The van der Waals surface area contributed by atoms with Crippen LogP contribution >= 0.6 is 0 Å². The van der Waals surface area contributed by atoms with Crippen LogP contribution in [0.25, 0.3) is 0 Å². The van der Waals surface area contributed by atoms with Gasteiger partial charge in [0.05, 0.1) is 0 Å². The van der Waals surface area contributed by atoms with E-state index in [0.717, 1.165) is 5.57 Å². The molecule has 0 aliphatic rings. The molecule has 0 heteroatoms. The van der Waals surface area contributed by atoms with E-state index < -0.39 is 0 Å². The van der Waals surface area contributed by atoms with Gasteiger partial charge in [-0.25, -0.2) is 0 Å². The van der Waals surface area contributed by atoms with Gasteiger partial charge in [-0.15, -0.1) is 0 Å². The van der Waals surface area contributed by atoms with E-state index in [9.17, 15) is 0 Å². The Kier molecular flexibility index (Phi) is 3.95. The highest BCUT2D eigenvalue weighted by atomic mass is 13.8. The number of allylic oxidation sites excluding steroid dienone is 5. The summed E-state index contributed by atoms with van der Waals surface area (Å²) in [5.74, 6) is 0. The third kappa shape index (κ3) is 3.41. The van der Waals surface area contributed by atoms with Gasteiger partial charge < -0.3 is 0 Å². The van der Waals surface area contributed by atoms with Gasteiger partial charge in [0.15, 0.2) is 0 Å². The Hall–Kier alpha value is -0.780. The molecule has 0 saturated heterocycles. The minimum atomic E-state index is 1.09. The average Bonchev–Trinajstić information content (AvgIpc) is 1.83. The molecule has 0 amide bonds. The van der Waals surface area contributed by atoms with Crippen LogP contribution in [0.4, 0.5) is 0 Å². The molecule has 43 valence electrons. The van der Waals surface area contributed by atoms with Crippen molar-refractivity contribution in [3.05, 3.63) is 36.5 Å². The van der Waals surface area contributed by atoms with E-state index in [1.165, 1.54) is 0 Å². The Labute approximate surface area is 51.2 Å². The largest absolute Gasteiger partial charge is 0.0877 e. The van der Waals surface area contributed by atoms with E-state index in [4.69, 9.17) is 6.58 Å². The van der Waals surface area contributed by atoms with Crippen molar-refractivity contribution in [1.82, 2.24) is 0 Å². The third-order valence-corrected chi connectivity index (χ3v) is 0.814. The fourth-order valence-electron chi connectivity index (χ4n) is 0.304. The number of rotatable bonds is 2. The molecule has 0 aromatic carbocycles. The zero-order valence-corrected chi connectivity index (χ0v) is 5.39. The highest BCUT2D eigenvalue weighted by molar-refractivity contribution is 5.18. The maximum atomic E-state index is 5.19. The molecule has 0 aromatic rings. The second kappa shape index (κ2) is 4.38. The zero-order chi connectivity index (χ0) is 6.41. The molecule has 1 radical (unpaired) electrons. The topological polar surface area (TPSA) is 0 Å². The molecule has 0 unspecified atom stereocenters. The summed E-state index contributed by atoms with van der Waals surface area (Å²) in [5, 5.41) is 0. The first kappa shape index (κ1) is 7.22. The molecule has 0 atom stereocenters. The molecule has 0 heterocycles. The zero-order valence-electron chi connectivity index (χ0n) is 5.39. The molecular formula is C8H11. The summed E-state index contributed by atoms with van der Waals surface area (Å²) in [6, 6.07) is 0. The highest BCUT2D eigenvalue weighted by Crippen LogP contribution is 1.91. The smallest absolute Gasteiger partial charge is 0.0398 e. The summed E-state index contributed by atoms with van der Waals surface area (Å²) in [5.41, 5.74) is 1.09. The van der Waals surface area contributed by atoms with Crippen molar-refractivity contribution < 1.29 is 0 Å². The summed E-state index contributed by atoms with van der Waals surface area (Å²) in [7, 11) is 0. The van der Waals surface area contributed by atoms with E-state index in [-0.39, 0.29) is 0 Å². The monoisotopic (exact) mass is 107 g/mol. The minimum Gasteiger partial charge on any atom is -0.0877 e. The van der Waals surface area contributed by atoms with Gasteiger partial charge in [0, 0.05) is 0 Å². The first-order valence-electron chi connectivity index (χ1n) is 2.65. The molecule has 0 aromatic heterocycles. The lowest BCUT2D eigenvalue weighted by Crippen LogP contribution is -1.60. The standard InChI is InChI=1S/C8H11/c1-4-6-7-8(3)5-2/h2,4-7H,1,3H3. The summed E-state index contributed by atoms with van der Waals surface area (Å²) in [6.07, 6.45) is 7.46. The van der Waals surface area contributed by atoms with E-state index in [0.29, 0.717) is 0 Å². The Morgan fingerprint density at radius 3 is 2.50 bits per heavy atom. The molecular weight excluding hydrogens is 96.1 g/mol. The van der Waals surface area contributed by atoms with Gasteiger partial charge in [0.25, 0.3) is 0 Å². The van der Waals surface area contributed by atoms with Gasteiger partial charge in [-0.2, -0.15) is 0 Å². The fourth-order valence-corrected chi connectivity index (χ4v) is 0.304. The van der Waals surface area contributed by atoms with Crippen molar-refractivity contribution in [3.8, 4) is 0 Å². The molecule has 0 rings (SSSR count). The van der Waals surface area contributed by atoms with Gasteiger partial charge in [0.2, 0.25) is 0 Å². The first-order chi connectivity index (χ1) is 3.81. The van der Waals surface area contributed by atoms with Gasteiger partial charge in [-0.3, -0.25) is 0 Å². The maximum absolute atomic E-state index is 5.19. The van der Waals surface area contributed by atoms with Crippen molar-refractivity contribution in [2.75, 3.05) is 0 Å². The minimum absolute atomic E-state index is 1.09. The van der Waals surface area contributed by atoms with Crippen LogP contribution in [0.15, 0.2) is 29.9 Å². The Balaban J connectivity index is 3.74. The van der Waals surface area contributed by atoms with Crippen LogP contribution in [0.2, 0.25) is 0 Å². The summed E-state index contributed by atoms with van der Waals surface area (Å²) >= 11 is 0. The summed E-state index contributed by atoms with van der Waals surface area (Å²) in [4.78, 5) is 0. The molecule has 0 nitrogen and oxygen atoms in total. The quantitative estimate of drug-likeness (QED) is 0.475. The maximum Gasteiger partial charge on any atom is -0.0398 e.